The van der Waals surface area contributed by atoms with Crippen LogP contribution in [0.25, 0.3) is 109 Å². The molecule has 11 rings (SSSR count). The summed E-state index contributed by atoms with van der Waals surface area (Å²) in [6, 6.07) is 54.8. The molecular formula is C46H26N4OS. The summed E-state index contributed by atoms with van der Waals surface area (Å²) in [5, 5.41) is 9.26. The fraction of sp³-hybridized carbons (Fsp3) is 0. The molecule has 0 aliphatic carbocycles. The molecule has 0 atom stereocenters. The van der Waals surface area contributed by atoms with Gasteiger partial charge in [0.1, 0.15) is 5.52 Å². The van der Waals surface area contributed by atoms with Gasteiger partial charge in [0.25, 0.3) is 0 Å². The van der Waals surface area contributed by atoms with Gasteiger partial charge in [0.05, 0.1) is 0 Å². The molecule has 0 aliphatic rings. The second-order valence-corrected chi connectivity index (χ2v) is 14.2. The van der Waals surface area contributed by atoms with E-state index in [-0.39, 0.29) is 0 Å². The summed E-state index contributed by atoms with van der Waals surface area (Å²) in [7, 11) is 0. The van der Waals surface area contributed by atoms with E-state index in [1.54, 1.807) is 11.3 Å². The van der Waals surface area contributed by atoms with Crippen LogP contribution in [0.15, 0.2) is 162 Å². The Labute approximate surface area is 301 Å². The Bertz CT molecular complexity index is 3200. The third-order valence-corrected chi connectivity index (χ3v) is 11.0. The lowest BCUT2D eigenvalue weighted by Gasteiger charge is -2.12. The number of aromatic nitrogens is 4. The average molecular weight is 683 g/mol. The molecule has 3 heterocycles. The molecule has 0 unspecified atom stereocenters. The number of fused-ring (bicyclic) bond motifs is 8. The largest absolute Gasteiger partial charge is 0.436 e. The summed E-state index contributed by atoms with van der Waals surface area (Å²) in [4.78, 5) is 20.3. The number of thiophene rings is 1. The lowest BCUT2D eigenvalue weighted by atomic mass is 9.97. The molecule has 0 amide bonds. The van der Waals surface area contributed by atoms with Crippen molar-refractivity contribution in [3.05, 3.63) is 158 Å². The summed E-state index contributed by atoms with van der Waals surface area (Å²) in [5.74, 6) is 2.55. The van der Waals surface area contributed by atoms with Gasteiger partial charge in [0.15, 0.2) is 23.1 Å². The predicted octanol–water partition coefficient (Wildman–Crippen LogP) is 12.5. The molecule has 0 radical (unpaired) electrons. The van der Waals surface area contributed by atoms with Crippen LogP contribution in [-0.2, 0) is 0 Å². The zero-order valence-electron chi connectivity index (χ0n) is 27.6. The molecule has 52 heavy (non-hydrogen) atoms. The Balaban J connectivity index is 1.10. The highest BCUT2D eigenvalue weighted by Crippen LogP contribution is 2.40. The van der Waals surface area contributed by atoms with E-state index < -0.39 is 0 Å². The molecule has 0 saturated heterocycles. The molecular weight excluding hydrogens is 657 g/mol. The zero-order valence-corrected chi connectivity index (χ0v) is 28.4. The minimum Gasteiger partial charge on any atom is -0.436 e. The van der Waals surface area contributed by atoms with Gasteiger partial charge in [0.2, 0.25) is 5.89 Å². The monoisotopic (exact) mass is 682 g/mol. The van der Waals surface area contributed by atoms with E-state index in [0.717, 1.165) is 69.7 Å². The average Bonchev–Trinajstić information content (AvgIpc) is 3.79. The molecule has 0 saturated carbocycles. The molecule has 11 aromatic rings. The van der Waals surface area contributed by atoms with E-state index in [0.29, 0.717) is 23.4 Å². The van der Waals surface area contributed by atoms with Gasteiger partial charge in [-0.25, -0.2) is 19.9 Å². The Kier molecular flexibility index (Phi) is 6.35. The lowest BCUT2D eigenvalue weighted by molar-refractivity contribution is 0.620. The van der Waals surface area contributed by atoms with Crippen LogP contribution in [0.5, 0.6) is 0 Å². The molecule has 0 fully saturated rings. The molecule has 0 N–H and O–H groups in total. The van der Waals surface area contributed by atoms with Crippen LogP contribution in [0.3, 0.4) is 0 Å². The maximum Gasteiger partial charge on any atom is 0.227 e. The first-order chi connectivity index (χ1) is 25.7. The lowest BCUT2D eigenvalue weighted by Crippen LogP contribution is -2.01. The Morgan fingerprint density at radius 3 is 1.88 bits per heavy atom. The number of nitrogens with zero attached hydrogens (tertiary/aromatic N) is 4. The van der Waals surface area contributed by atoms with Crippen LogP contribution in [-0.4, -0.2) is 19.9 Å². The normalized spacial score (nSPS) is 11.8. The summed E-state index contributed by atoms with van der Waals surface area (Å²) < 4.78 is 8.54. The minimum atomic E-state index is 0.631. The highest BCUT2D eigenvalue weighted by atomic mass is 32.1. The summed E-state index contributed by atoms with van der Waals surface area (Å²) >= 11 is 1.74. The number of benzene rings is 8. The van der Waals surface area contributed by atoms with Crippen molar-refractivity contribution in [1.29, 1.82) is 0 Å². The Morgan fingerprint density at radius 1 is 0.385 bits per heavy atom. The van der Waals surface area contributed by atoms with Crippen molar-refractivity contribution in [2.24, 2.45) is 0 Å². The number of hydrogen-bond acceptors (Lipinski definition) is 6. The topological polar surface area (TPSA) is 64.7 Å². The first kappa shape index (κ1) is 29.0. The standard InChI is InChI=1S/C46H26N4OS/c1-2-11-28(12-3-1)46-47-39-26-42-37(25-40(39)51-46)36-21-20-32(24-41(36)52-42)44-48-43(31-19-18-27-10-4-5-13-29(27)22-31)49-45(50-44)38-23-30-14-6-7-15-33(30)34-16-8-9-17-35(34)38/h1-26H. The van der Waals surface area contributed by atoms with E-state index in [4.69, 9.17) is 24.4 Å². The van der Waals surface area contributed by atoms with Crippen LogP contribution < -0.4 is 0 Å². The van der Waals surface area contributed by atoms with Crippen LogP contribution >= 0.6 is 11.3 Å². The van der Waals surface area contributed by atoms with Gasteiger partial charge in [-0.05, 0) is 74.8 Å². The van der Waals surface area contributed by atoms with Gasteiger partial charge in [-0.3, -0.25) is 0 Å². The third-order valence-electron chi connectivity index (χ3n) is 9.91. The Morgan fingerprint density at radius 2 is 1.04 bits per heavy atom. The zero-order chi connectivity index (χ0) is 34.2. The fourth-order valence-corrected chi connectivity index (χ4v) is 8.52. The molecule has 8 aromatic carbocycles. The predicted molar refractivity (Wildman–Crippen MR) is 215 cm³/mol. The summed E-state index contributed by atoms with van der Waals surface area (Å²) in [5.41, 5.74) is 5.45. The van der Waals surface area contributed by atoms with Crippen LogP contribution in [0.4, 0.5) is 0 Å². The third kappa shape index (κ3) is 4.69. The SMILES string of the molecule is c1ccc(-c2nc3cc4sc5cc(-c6nc(-c7ccc8ccccc8c7)nc(-c7cc8ccccc8c8ccccc78)n6)ccc5c4cc3o2)cc1. The molecule has 0 spiro atoms. The van der Waals surface area contributed by atoms with Crippen LogP contribution in [0.2, 0.25) is 0 Å². The molecule has 0 bridgehead atoms. The fourth-order valence-electron chi connectivity index (χ4n) is 7.36. The van der Waals surface area contributed by atoms with Gasteiger partial charge < -0.3 is 4.42 Å². The Hall–Kier alpha value is -6.76. The van der Waals surface area contributed by atoms with Gasteiger partial charge in [-0.15, -0.1) is 11.3 Å². The molecule has 5 nitrogen and oxygen atoms in total. The van der Waals surface area contributed by atoms with Crippen molar-refractivity contribution in [2.75, 3.05) is 0 Å². The van der Waals surface area contributed by atoms with Crippen molar-refractivity contribution in [2.45, 2.75) is 0 Å². The summed E-state index contributed by atoms with van der Waals surface area (Å²) in [6.45, 7) is 0. The number of rotatable bonds is 4. The van der Waals surface area contributed by atoms with E-state index in [1.165, 1.54) is 16.2 Å². The van der Waals surface area contributed by atoms with Crippen molar-refractivity contribution >= 4 is 74.9 Å². The van der Waals surface area contributed by atoms with E-state index >= 15 is 0 Å². The van der Waals surface area contributed by atoms with Crippen LogP contribution in [0.1, 0.15) is 0 Å². The van der Waals surface area contributed by atoms with Gasteiger partial charge in [-0.2, -0.15) is 0 Å². The molecule has 0 aliphatic heterocycles. The number of hydrogen-bond donors (Lipinski definition) is 0. The first-order valence-corrected chi connectivity index (χ1v) is 18.0. The summed E-state index contributed by atoms with van der Waals surface area (Å²) in [6.07, 6.45) is 0. The van der Waals surface area contributed by atoms with Gasteiger partial charge in [-0.1, -0.05) is 115 Å². The minimum absolute atomic E-state index is 0.631. The quantitative estimate of drug-likeness (QED) is 0.173. The van der Waals surface area contributed by atoms with Crippen LogP contribution in [0, 0.1) is 0 Å². The van der Waals surface area contributed by atoms with Gasteiger partial charge in [0, 0.05) is 42.4 Å². The number of oxazole rings is 1. The maximum atomic E-state index is 6.23. The van der Waals surface area contributed by atoms with Crippen molar-refractivity contribution in [3.8, 4) is 45.6 Å². The highest BCUT2D eigenvalue weighted by molar-refractivity contribution is 7.25. The molecule has 3 aromatic heterocycles. The highest BCUT2D eigenvalue weighted by Gasteiger charge is 2.18. The second kappa shape index (κ2) is 11.4. The van der Waals surface area contributed by atoms with Gasteiger partial charge >= 0.3 is 0 Å². The smallest absolute Gasteiger partial charge is 0.227 e. The van der Waals surface area contributed by atoms with Crippen molar-refractivity contribution < 1.29 is 4.42 Å². The van der Waals surface area contributed by atoms with Crippen molar-refractivity contribution in [3.63, 3.8) is 0 Å². The van der Waals surface area contributed by atoms with E-state index in [9.17, 15) is 0 Å². The van der Waals surface area contributed by atoms with E-state index in [1.807, 2.05) is 30.3 Å². The van der Waals surface area contributed by atoms with Crippen molar-refractivity contribution in [1.82, 2.24) is 19.9 Å². The second-order valence-electron chi connectivity index (χ2n) is 13.1. The molecule has 242 valence electrons. The maximum absolute atomic E-state index is 6.23. The molecule has 6 heteroatoms. The first-order valence-electron chi connectivity index (χ1n) is 17.2. The van der Waals surface area contributed by atoms with E-state index in [2.05, 4.69) is 127 Å².